The van der Waals surface area contributed by atoms with Crippen LogP contribution in [0.4, 0.5) is 4.39 Å². The maximum atomic E-state index is 12.8. The van der Waals surface area contributed by atoms with Crippen LogP contribution in [0, 0.1) is 5.82 Å². The molecule has 0 fully saturated rings. The molecule has 1 aromatic heterocycles. The smallest absolute Gasteiger partial charge is 0.224 e. The van der Waals surface area contributed by atoms with E-state index in [0.717, 1.165) is 5.56 Å². The third-order valence-electron chi connectivity index (χ3n) is 3.16. The van der Waals surface area contributed by atoms with Crippen molar-refractivity contribution in [2.75, 3.05) is 0 Å². The molecule has 0 bridgehead atoms. The Kier molecular flexibility index (Phi) is 5.00. The predicted molar refractivity (Wildman–Crippen MR) is 76.9 cm³/mol. The maximum absolute atomic E-state index is 12.8. The van der Waals surface area contributed by atoms with Crippen LogP contribution in [0.15, 0.2) is 48.8 Å². The van der Waals surface area contributed by atoms with Crippen LogP contribution in [0.2, 0.25) is 0 Å². The summed E-state index contributed by atoms with van der Waals surface area (Å²) < 4.78 is 12.8. The Balaban J connectivity index is 1.92. The summed E-state index contributed by atoms with van der Waals surface area (Å²) in [5.41, 5.74) is 1.36. The zero-order valence-electron chi connectivity index (χ0n) is 11.7. The van der Waals surface area contributed by atoms with E-state index in [4.69, 9.17) is 0 Å². The van der Waals surface area contributed by atoms with Crippen LogP contribution in [0.5, 0.6) is 0 Å². The van der Waals surface area contributed by atoms with Crippen molar-refractivity contribution >= 4 is 5.91 Å². The Hall–Kier alpha value is -2.27. The molecular formula is C16H17FN2O2. The molecule has 0 aliphatic heterocycles. The van der Waals surface area contributed by atoms with Gasteiger partial charge in [-0.15, -0.1) is 0 Å². The highest BCUT2D eigenvalue weighted by Gasteiger charge is 2.18. The normalized spacial score (nSPS) is 13.5. The standard InChI is InChI=1S/C16H17FN2O2/c1-11(16(21)13-4-6-14(17)7-5-13)19-15(20)9-12-3-2-8-18-10-12/h2-8,10-11,16,21H,9H2,1H3,(H,19,20). The number of rotatable bonds is 5. The molecule has 0 radical (unpaired) electrons. The van der Waals surface area contributed by atoms with Gasteiger partial charge in [0.05, 0.1) is 18.6 Å². The van der Waals surface area contributed by atoms with E-state index >= 15 is 0 Å². The van der Waals surface area contributed by atoms with Crippen molar-refractivity contribution in [2.45, 2.75) is 25.5 Å². The summed E-state index contributed by atoms with van der Waals surface area (Å²) in [6.45, 7) is 1.70. The molecule has 21 heavy (non-hydrogen) atoms. The van der Waals surface area contributed by atoms with E-state index in [1.54, 1.807) is 25.4 Å². The minimum Gasteiger partial charge on any atom is -0.386 e. The summed E-state index contributed by atoms with van der Waals surface area (Å²) in [7, 11) is 0. The summed E-state index contributed by atoms with van der Waals surface area (Å²) in [5, 5.41) is 12.9. The predicted octanol–water partition coefficient (Wildman–Crippen LogP) is 2.00. The first-order valence-electron chi connectivity index (χ1n) is 6.68. The number of halogens is 1. The van der Waals surface area contributed by atoms with Gasteiger partial charge in [0.25, 0.3) is 0 Å². The number of amides is 1. The number of aliphatic hydroxyl groups is 1. The topological polar surface area (TPSA) is 62.2 Å². The molecule has 2 aromatic rings. The lowest BCUT2D eigenvalue weighted by Crippen LogP contribution is -2.37. The van der Waals surface area contributed by atoms with Gasteiger partial charge < -0.3 is 10.4 Å². The summed E-state index contributed by atoms with van der Waals surface area (Å²) in [6, 6.07) is 8.67. The Bertz CT molecular complexity index is 587. The average molecular weight is 288 g/mol. The third kappa shape index (κ3) is 4.36. The average Bonchev–Trinajstić information content (AvgIpc) is 2.48. The van der Waals surface area contributed by atoms with Gasteiger partial charge in [-0.25, -0.2) is 4.39 Å². The highest BCUT2D eigenvalue weighted by atomic mass is 19.1. The fourth-order valence-electron chi connectivity index (χ4n) is 2.02. The van der Waals surface area contributed by atoms with Gasteiger partial charge in [-0.1, -0.05) is 18.2 Å². The number of nitrogens with zero attached hydrogens (tertiary/aromatic N) is 1. The Labute approximate surface area is 122 Å². The Morgan fingerprint density at radius 3 is 2.67 bits per heavy atom. The zero-order chi connectivity index (χ0) is 15.2. The van der Waals surface area contributed by atoms with E-state index in [1.807, 2.05) is 6.07 Å². The minimum absolute atomic E-state index is 0.198. The number of aromatic nitrogens is 1. The van der Waals surface area contributed by atoms with Crippen LogP contribution in [0.3, 0.4) is 0 Å². The molecule has 110 valence electrons. The van der Waals surface area contributed by atoms with Crippen molar-refractivity contribution in [3.8, 4) is 0 Å². The van der Waals surface area contributed by atoms with E-state index in [1.165, 1.54) is 24.3 Å². The van der Waals surface area contributed by atoms with E-state index in [9.17, 15) is 14.3 Å². The van der Waals surface area contributed by atoms with Gasteiger partial charge >= 0.3 is 0 Å². The number of carbonyl (C=O) groups is 1. The number of carbonyl (C=O) groups excluding carboxylic acids is 1. The molecule has 2 N–H and O–H groups in total. The van der Waals surface area contributed by atoms with Gasteiger partial charge in [0.1, 0.15) is 5.82 Å². The highest BCUT2D eigenvalue weighted by Crippen LogP contribution is 2.17. The summed E-state index contributed by atoms with van der Waals surface area (Å²) >= 11 is 0. The lowest BCUT2D eigenvalue weighted by molar-refractivity contribution is -0.121. The summed E-state index contributed by atoms with van der Waals surface area (Å²) in [5.74, 6) is -0.559. The molecule has 1 aromatic carbocycles. The number of hydrogen-bond donors (Lipinski definition) is 2. The molecule has 0 saturated heterocycles. The summed E-state index contributed by atoms with van der Waals surface area (Å²) in [4.78, 5) is 15.8. The van der Waals surface area contributed by atoms with Gasteiger partial charge in [-0.3, -0.25) is 9.78 Å². The van der Waals surface area contributed by atoms with Gasteiger partial charge in [0, 0.05) is 12.4 Å². The van der Waals surface area contributed by atoms with Crippen molar-refractivity contribution in [1.29, 1.82) is 0 Å². The molecule has 0 spiro atoms. The molecule has 2 rings (SSSR count). The molecule has 2 unspecified atom stereocenters. The Morgan fingerprint density at radius 2 is 2.05 bits per heavy atom. The van der Waals surface area contributed by atoms with Gasteiger partial charge in [0.15, 0.2) is 0 Å². The van der Waals surface area contributed by atoms with Gasteiger partial charge in [0.2, 0.25) is 5.91 Å². The van der Waals surface area contributed by atoms with Crippen molar-refractivity contribution in [3.05, 3.63) is 65.7 Å². The second kappa shape index (κ2) is 6.95. The number of nitrogens with one attached hydrogen (secondary N) is 1. The van der Waals surface area contributed by atoms with Crippen LogP contribution < -0.4 is 5.32 Å². The second-order valence-electron chi connectivity index (χ2n) is 4.89. The molecule has 5 heteroatoms. The van der Waals surface area contributed by atoms with Gasteiger partial charge in [-0.05, 0) is 36.2 Å². The molecule has 1 amide bonds. The van der Waals surface area contributed by atoms with Crippen LogP contribution in [0.1, 0.15) is 24.2 Å². The molecule has 0 aliphatic carbocycles. The van der Waals surface area contributed by atoms with Crippen LogP contribution >= 0.6 is 0 Å². The SMILES string of the molecule is CC(NC(=O)Cc1cccnc1)C(O)c1ccc(F)cc1. The molecule has 2 atom stereocenters. The second-order valence-corrected chi connectivity index (χ2v) is 4.89. The largest absolute Gasteiger partial charge is 0.386 e. The van der Waals surface area contributed by atoms with E-state index < -0.39 is 12.1 Å². The highest BCUT2D eigenvalue weighted by molar-refractivity contribution is 5.78. The third-order valence-corrected chi connectivity index (χ3v) is 3.16. The van der Waals surface area contributed by atoms with E-state index in [2.05, 4.69) is 10.3 Å². The summed E-state index contributed by atoms with van der Waals surface area (Å²) in [6.07, 6.45) is 2.58. The molecule has 0 saturated carbocycles. The van der Waals surface area contributed by atoms with Crippen molar-refractivity contribution in [2.24, 2.45) is 0 Å². The lowest BCUT2D eigenvalue weighted by atomic mass is 10.0. The zero-order valence-corrected chi connectivity index (χ0v) is 11.7. The van der Waals surface area contributed by atoms with Crippen molar-refractivity contribution in [1.82, 2.24) is 10.3 Å². The number of hydrogen-bond acceptors (Lipinski definition) is 3. The molecule has 0 aliphatic rings. The first-order chi connectivity index (χ1) is 10.1. The van der Waals surface area contributed by atoms with Crippen LogP contribution in [-0.2, 0) is 11.2 Å². The molecule has 4 nitrogen and oxygen atoms in total. The van der Waals surface area contributed by atoms with Crippen molar-refractivity contribution in [3.63, 3.8) is 0 Å². The fourth-order valence-corrected chi connectivity index (χ4v) is 2.02. The fraction of sp³-hybridized carbons (Fsp3) is 0.250. The van der Waals surface area contributed by atoms with E-state index in [-0.39, 0.29) is 18.1 Å². The number of benzene rings is 1. The number of pyridine rings is 1. The first-order valence-corrected chi connectivity index (χ1v) is 6.68. The maximum Gasteiger partial charge on any atom is 0.224 e. The van der Waals surface area contributed by atoms with Crippen LogP contribution in [-0.4, -0.2) is 22.0 Å². The number of aliphatic hydroxyl groups excluding tert-OH is 1. The minimum atomic E-state index is -0.886. The lowest BCUT2D eigenvalue weighted by Gasteiger charge is -2.20. The Morgan fingerprint density at radius 1 is 1.33 bits per heavy atom. The first kappa shape index (κ1) is 15.1. The van der Waals surface area contributed by atoms with Gasteiger partial charge in [-0.2, -0.15) is 0 Å². The van der Waals surface area contributed by atoms with Crippen molar-refractivity contribution < 1.29 is 14.3 Å². The monoisotopic (exact) mass is 288 g/mol. The molecular weight excluding hydrogens is 271 g/mol. The quantitative estimate of drug-likeness (QED) is 0.884. The molecule has 1 heterocycles. The van der Waals surface area contributed by atoms with E-state index in [0.29, 0.717) is 5.56 Å². The van der Waals surface area contributed by atoms with Crippen LogP contribution in [0.25, 0.3) is 0 Å².